The van der Waals surface area contributed by atoms with Gasteiger partial charge in [0, 0.05) is 18.2 Å². The fourth-order valence-electron chi connectivity index (χ4n) is 3.61. The lowest BCUT2D eigenvalue weighted by atomic mass is 10.0. The topological polar surface area (TPSA) is 96.0 Å². The van der Waals surface area contributed by atoms with Crippen LogP contribution < -0.4 is 15.4 Å². The second-order valence-corrected chi connectivity index (χ2v) is 9.34. The molecule has 3 aromatic rings. The lowest BCUT2D eigenvalue weighted by Gasteiger charge is -2.16. The molecule has 1 aromatic carbocycles. The van der Waals surface area contributed by atoms with Crippen LogP contribution in [-0.4, -0.2) is 37.5 Å². The van der Waals surface area contributed by atoms with Crippen molar-refractivity contribution in [1.82, 2.24) is 15.3 Å². The summed E-state index contributed by atoms with van der Waals surface area (Å²) in [6, 6.07) is 12.9. The number of aryl methyl sites for hydroxylation is 1. The Labute approximate surface area is 189 Å². The number of hydrogen-bond donors (Lipinski definition) is 3. The number of alkyl halides is 3. The fourth-order valence-corrected chi connectivity index (χ4v) is 4.58. The summed E-state index contributed by atoms with van der Waals surface area (Å²) in [6.45, 7) is 3.27. The lowest BCUT2D eigenvalue weighted by molar-refractivity contribution is -0.137. The molecule has 7 nitrogen and oxygen atoms in total. The SMILES string of the molecule is Cc1ccccc1-c1nc(NS(=O)(=O)c2cccc(NC3CCNC3)n2)ccc1C(F)(F)F. The highest BCUT2D eigenvalue weighted by Gasteiger charge is 2.35. The molecule has 174 valence electrons. The van der Waals surface area contributed by atoms with Gasteiger partial charge >= 0.3 is 6.18 Å². The van der Waals surface area contributed by atoms with Crippen LogP contribution in [0.2, 0.25) is 0 Å². The van der Waals surface area contributed by atoms with E-state index in [1.807, 2.05) is 0 Å². The maximum Gasteiger partial charge on any atom is 0.418 e. The summed E-state index contributed by atoms with van der Waals surface area (Å²) < 4.78 is 68.9. The van der Waals surface area contributed by atoms with Crippen LogP contribution in [-0.2, 0) is 16.2 Å². The molecule has 2 aromatic heterocycles. The van der Waals surface area contributed by atoms with E-state index >= 15 is 0 Å². The van der Waals surface area contributed by atoms with Crippen molar-refractivity contribution in [3.05, 3.63) is 65.7 Å². The molecule has 1 unspecified atom stereocenters. The average molecular weight is 478 g/mol. The number of pyridine rings is 2. The van der Waals surface area contributed by atoms with E-state index in [4.69, 9.17) is 0 Å². The number of hydrogen-bond acceptors (Lipinski definition) is 6. The smallest absolute Gasteiger partial charge is 0.366 e. The molecule has 33 heavy (non-hydrogen) atoms. The third-order valence-corrected chi connectivity index (χ3v) is 6.51. The van der Waals surface area contributed by atoms with Crippen LogP contribution in [0.5, 0.6) is 0 Å². The van der Waals surface area contributed by atoms with Gasteiger partial charge in [0.05, 0.1) is 11.3 Å². The van der Waals surface area contributed by atoms with Gasteiger partial charge in [-0.05, 0) is 49.7 Å². The monoisotopic (exact) mass is 477 g/mol. The number of aromatic nitrogens is 2. The number of nitrogens with zero attached hydrogens (tertiary/aromatic N) is 2. The highest BCUT2D eigenvalue weighted by Crippen LogP contribution is 2.38. The minimum atomic E-state index is -4.65. The molecule has 0 radical (unpaired) electrons. The van der Waals surface area contributed by atoms with E-state index in [1.54, 1.807) is 37.3 Å². The van der Waals surface area contributed by atoms with E-state index in [9.17, 15) is 21.6 Å². The van der Waals surface area contributed by atoms with E-state index in [1.165, 1.54) is 12.1 Å². The van der Waals surface area contributed by atoms with E-state index in [-0.39, 0.29) is 28.1 Å². The van der Waals surface area contributed by atoms with Gasteiger partial charge in [-0.25, -0.2) is 9.97 Å². The maximum absolute atomic E-state index is 13.6. The molecule has 3 N–H and O–H groups in total. The highest BCUT2D eigenvalue weighted by atomic mass is 32.2. The number of anilines is 2. The summed E-state index contributed by atoms with van der Waals surface area (Å²) in [5, 5.41) is 6.10. The van der Waals surface area contributed by atoms with Crippen LogP contribution in [0.3, 0.4) is 0 Å². The first-order chi connectivity index (χ1) is 15.6. The first kappa shape index (κ1) is 23.0. The summed E-state index contributed by atoms with van der Waals surface area (Å²) >= 11 is 0. The zero-order valence-electron chi connectivity index (χ0n) is 17.6. The van der Waals surface area contributed by atoms with Crippen LogP contribution in [0, 0.1) is 6.92 Å². The van der Waals surface area contributed by atoms with Gasteiger partial charge in [-0.3, -0.25) is 4.72 Å². The van der Waals surface area contributed by atoms with E-state index < -0.39 is 21.8 Å². The molecule has 0 saturated carbocycles. The van der Waals surface area contributed by atoms with Crippen molar-refractivity contribution in [2.45, 2.75) is 30.6 Å². The van der Waals surface area contributed by atoms with Gasteiger partial charge in [-0.1, -0.05) is 30.3 Å². The zero-order chi connectivity index (χ0) is 23.6. The zero-order valence-corrected chi connectivity index (χ0v) is 18.5. The molecular weight excluding hydrogens is 455 g/mol. The molecule has 4 rings (SSSR count). The van der Waals surface area contributed by atoms with Gasteiger partial charge < -0.3 is 10.6 Å². The van der Waals surface area contributed by atoms with Crippen molar-refractivity contribution in [2.24, 2.45) is 0 Å². The molecule has 11 heteroatoms. The Hall–Kier alpha value is -3.18. The van der Waals surface area contributed by atoms with Crippen LogP contribution in [0.1, 0.15) is 17.5 Å². The molecule has 1 fully saturated rings. The lowest BCUT2D eigenvalue weighted by Crippen LogP contribution is -2.23. The summed E-state index contributed by atoms with van der Waals surface area (Å²) in [7, 11) is -4.19. The Balaban J connectivity index is 1.66. The van der Waals surface area contributed by atoms with Crippen LogP contribution in [0.15, 0.2) is 59.6 Å². The predicted octanol–water partition coefficient (Wildman–Crippen LogP) is 4.05. The number of sulfonamides is 1. The van der Waals surface area contributed by atoms with Crippen molar-refractivity contribution in [3.63, 3.8) is 0 Å². The Bertz CT molecular complexity index is 1260. The molecule has 3 heterocycles. The molecule has 0 aliphatic carbocycles. The molecule has 0 bridgehead atoms. The number of nitrogens with one attached hydrogen (secondary N) is 3. The van der Waals surface area contributed by atoms with Crippen LogP contribution in [0.25, 0.3) is 11.3 Å². The normalized spacial score (nSPS) is 16.5. The Kier molecular flexibility index (Phi) is 6.26. The maximum atomic E-state index is 13.6. The van der Waals surface area contributed by atoms with Crippen LogP contribution >= 0.6 is 0 Å². The van der Waals surface area contributed by atoms with Gasteiger partial charge in [0.2, 0.25) is 0 Å². The van der Waals surface area contributed by atoms with E-state index in [0.717, 1.165) is 31.6 Å². The molecule has 1 aliphatic rings. The average Bonchev–Trinajstić information content (AvgIpc) is 3.26. The molecular formula is C22H22F3N5O2S. The van der Waals surface area contributed by atoms with Gasteiger partial charge in [0.15, 0.2) is 5.03 Å². The van der Waals surface area contributed by atoms with Gasteiger partial charge in [0.25, 0.3) is 10.0 Å². The molecule has 1 saturated heterocycles. The van der Waals surface area contributed by atoms with E-state index in [0.29, 0.717) is 11.4 Å². The predicted molar refractivity (Wildman–Crippen MR) is 119 cm³/mol. The standard InChI is InChI=1S/C22H22F3N5O2S/c1-14-5-2-3-6-16(14)21-17(22(23,24)25)9-10-19(29-21)30-33(31,32)20-8-4-7-18(28-20)27-15-11-12-26-13-15/h2-10,15,26H,11-13H2,1H3,(H,27,28)(H,29,30). The third-order valence-electron chi connectivity index (χ3n) is 5.25. The number of halogens is 3. The van der Waals surface area contributed by atoms with E-state index in [2.05, 4.69) is 25.3 Å². The largest absolute Gasteiger partial charge is 0.418 e. The Morgan fingerprint density at radius 1 is 1.00 bits per heavy atom. The minimum Gasteiger partial charge on any atom is -0.366 e. The number of rotatable bonds is 6. The van der Waals surface area contributed by atoms with Crippen molar-refractivity contribution in [3.8, 4) is 11.3 Å². The van der Waals surface area contributed by atoms with Crippen molar-refractivity contribution >= 4 is 21.7 Å². The highest BCUT2D eigenvalue weighted by molar-refractivity contribution is 7.92. The summed E-state index contributed by atoms with van der Waals surface area (Å²) in [4.78, 5) is 8.18. The molecule has 1 atom stereocenters. The second kappa shape index (κ2) is 8.99. The first-order valence-corrected chi connectivity index (χ1v) is 11.7. The van der Waals surface area contributed by atoms with Gasteiger partial charge in [-0.15, -0.1) is 0 Å². The van der Waals surface area contributed by atoms with Crippen molar-refractivity contribution in [2.75, 3.05) is 23.1 Å². The summed E-state index contributed by atoms with van der Waals surface area (Å²) in [5.41, 5.74) is -0.454. The van der Waals surface area contributed by atoms with Gasteiger partial charge in [0.1, 0.15) is 11.6 Å². The molecule has 0 spiro atoms. The first-order valence-electron chi connectivity index (χ1n) is 10.2. The van der Waals surface area contributed by atoms with Gasteiger partial charge in [-0.2, -0.15) is 21.6 Å². The fraction of sp³-hybridized carbons (Fsp3) is 0.273. The molecule has 0 amide bonds. The second-order valence-electron chi connectivity index (χ2n) is 7.71. The third kappa shape index (κ3) is 5.25. The summed E-state index contributed by atoms with van der Waals surface area (Å²) in [5.74, 6) is 0.161. The quantitative estimate of drug-likeness (QED) is 0.496. The van der Waals surface area contributed by atoms with Crippen molar-refractivity contribution < 1.29 is 21.6 Å². The minimum absolute atomic E-state index is 0.136. The number of benzene rings is 1. The van der Waals surface area contributed by atoms with Crippen molar-refractivity contribution in [1.29, 1.82) is 0 Å². The Morgan fingerprint density at radius 3 is 2.48 bits per heavy atom. The Morgan fingerprint density at radius 2 is 1.79 bits per heavy atom. The summed E-state index contributed by atoms with van der Waals surface area (Å²) in [6.07, 6.45) is -3.77. The molecule has 1 aliphatic heterocycles. The van der Waals surface area contributed by atoms with Crippen LogP contribution in [0.4, 0.5) is 24.8 Å².